The number of primary amides is 1. The first kappa shape index (κ1) is 19.3. The van der Waals surface area contributed by atoms with Gasteiger partial charge in [-0.2, -0.15) is 0 Å². The molecule has 1 amide bonds. The van der Waals surface area contributed by atoms with Crippen molar-refractivity contribution in [3.63, 3.8) is 0 Å². The Hall–Kier alpha value is -3.42. The highest BCUT2D eigenvalue weighted by molar-refractivity contribution is 5.94. The first-order valence-corrected chi connectivity index (χ1v) is 8.55. The third-order valence-corrected chi connectivity index (χ3v) is 4.39. The van der Waals surface area contributed by atoms with E-state index in [-0.39, 0.29) is 22.6 Å². The molecule has 0 aliphatic rings. The van der Waals surface area contributed by atoms with Gasteiger partial charge >= 0.3 is 0 Å². The van der Waals surface area contributed by atoms with E-state index in [0.29, 0.717) is 17.9 Å². The molecule has 0 spiro atoms. The Morgan fingerprint density at radius 3 is 2.43 bits per heavy atom. The van der Waals surface area contributed by atoms with E-state index >= 15 is 0 Å². The summed E-state index contributed by atoms with van der Waals surface area (Å²) in [6, 6.07) is 10.2. The van der Waals surface area contributed by atoms with Gasteiger partial charge in [0, 0.05) is 17.5 Å². The zero-order chi connectivity index (χ0) is 20.3. The van der Waals surface area contributed by atoms with Crippen molar-refractivity contribution in [2.24, 2.45) is 5.73 Å². The summed E-state index contributed by atoms with van der Waals surface area (Å²) >= 11 is 0. The molecule has 1 heterocycles. The fourth-order valence-electron chi connectivity index (χ4n) is 2.66. The van der Waals surface area contributed by atoms with Crippen LogP contribution in [-0.4, -0.2) is 27.6 Å². The van der Waals surface area contributed by atoms with Crippen LogP contribution in [0.2, 0.25) is 0 Å². The molecule has 0 unspecified atom stereocenters. The molecule has 0 bridgehead atoms. The number of nitrogens with one attached hydrogen (secondary N) is 1. The number of anilines is 1. The van der Waals surface area contributed by atoms with Crippen LogP contribution in [0.3, 0.4) is 0 Å². The first-order valence-electron chi connectivity index (χ1n) is 8.55. The third kappa shape index (κ3) is 4.28. The number of nitrogens with two attached hydrogens (primary N) is 1. The maximum Gasteiger partial charge on any atom is 0.251 e. The molecule has 8 heteroatoms. The van der Waals surface area contributed by atoms with Crippen LogP contribution in [0.5, 0.6) is 0 Å². The summed E-state index contributed by atoms with van der Waals surface area (Å²) in [5, 5.41) is 11.2. The van der Waals surface area contributed by atoms with E-state index in [9.17, 15) is 13.6 Å². The van der Waals surface area contributed by atoms with Crippen LogP contribution >= 0.6 is 0 Å². The monoisotopic (exact) mass is 383 g/mol. The Kier molecular flexibility index (Phi) is 5.30. The van der Waals surface area contributed by atoms with E-state index in [1.165, 1.54) is 30.5 Å². The zero-order valence-electron chi connectivity index (χ0n) is 15.4. The second-order valence-electron chi connectivity index (χ2n) is 6.97. The number of rotatable bonds is 6. The van der Waals surface area contributed by atoms with Crippen LogP contribution in [-0.2, 0) is 5.41 Å². The molecule has 3 N–H and O–H groups in total. The highest BCUT2D eigenvalue weighted by Gasteiger charge is 2.21. The van der Waals surface area contributed by atoms with E-state index < -0.39 is 11.7 Å². The third-order valence-electron chi connectivity index (χ3n) is 4.39. The Bertz CT molecular complexity index is 988. The number of amides is 1. The van der Waals surface area contributed by atoms with Crippen molar-refractivity contribution in [3.8, 4) is 11.4 Å². The summed E-state index contributed by atoms with van der Waals surface area (Å²) in [7, 11) is 0. The molecule has 0 atom stereocenters. The smallest absolute Gasteiger partial charge is 0.251 e. The lowest BCUT2D eigenvalue weighted by atomic mass is 9.84. The summed E-state index contributed by atoms with van der Waals surface area (Å²) in [6.07, 6.45) is 1.50. The number of hydrogen-bond acceptors (Lipinski definition) is 5. The van der Waals surface area contributed by atoms with Gasteiger partial charge in [-0.25, -0.2) is 13.8 Å². The quantitative estimate of drug-likeness (QED) is 0.681. The summed E-state index contributed by atoms with van der Waals surface area (Å²) in [4.78, 5) is 15.5. The van der Waals surface area contributed by atoms with Gasteiger partial charge in [0.15, 0.2) is 11.6 Å². The molecule has 3 aromatic rings. The van der Waals surface area contributed by atoms with Gasteiger partial charge in [-0.1, -0.05) is 26.0 Å². The molecule has 144 valence electrons. The average Bonchev–Trinajstić information content (AvgIpc) is 2.67. The standard InChI is InChI=1S/C20H19F2N5O/c1-20(2,13-4-6-14(21)7-5-13)11-25-17-10-24-19(27-26-17)12-3-8-16(22)15(9-12)18(23)28/h3-10H,11H2,1-2H3,(H2,23,28)(H,25,26). The number of carbonyl (C=O) groups excluding carboxylic acids is 1. The molecule has 0 radical (unpaired) electrons. The Labute approximate surface area is 160 Å². The fraction of sp³-hybridized carbons (Fsp3) is 0.200. The number of halogens is 2. The molecule has 2 aromatic carbocycles. The molecule has 1 aromatic heterocycles. The SMILES string of the molecule is CC(C)(CNc1cnc(-c2ccc(F)c(C(N)=O)c2)nn1)c1ccc(F)cc1. The van der Waals surface area contributed by atoms with Gasteiger partial charge in [0.25, 0.3) is 5.91 Å². The van der Waals surface area contributed by atoms with Gasteiger partial charge in [0.2, 0.25) is 0 Å². The molecule has 3 rings (SSSR count). The van der Waals surface area contributed by atoms with Gasteiger partial charge < -0.3 is 11.1 Å². The van der Waals surface area contributed by atoms with Gasteiger partial charge in [0.1, 0.15) is 11.6 Å². The molecule has 0 fully saturated rings. The van der Waals surface area contributed by atoms with Crippen molar-refractivity contribution in [2.45, 2.75) is 19.3 Å². The summed E-state index contributed by atoms with van der Waals surface area (Å²) < 4.78 is 26.7. The minimum absolute atomic E-state index is 0.232. The molecular weight excluding hydrogens is 364 g/mol. The minimum Gasteiger partial charge on any atom is -0.366 e. The Morgan fingerprint density at radius 2 is 1.82 bits per heavy atom. The molecule has 0 aliphatic carbocycles. The molecule has 0 aliphatic heterocycles. The number of benzene rings is 2. The maximum atomic E-state index is 13.6. The second-order valence-corrected chi connectivity index (χ2v) is 6.97. The first-order chi connectivity index (χ1) is 13.3. The lowest BCUT2D eigenvalue weighted by Crippen LogP contribution is -2.28. The van der Waals surface area contributed by atoms with Gasteiger partial charge in [0.05, 0.1) is 11.8 Å². The predicted molar refractivity (Wildman–Crippen MR) is 102 cm³/mol. The van der Waals surface area contributed by atoms with Gasteiger partial charge in [-0.3, -0.25) is 4.79 Å². The van der Waals surface area contributed by atoms with Crippen molar-refractivity contribution in [1.82, 2.24) is 15.2 Å². The molecule has 28 heavy (non-hydrogen) atoms. The fourth-order valence-corrected chi connectivity index (χ4v) is 2.66. The Balaban J connectivity index is 1.72. The topological polar surface area (TPSA) is 93.8 Å². The van der Waals surface area contributed by atoms with Crippen molar-refractivity contribution < 1.29 is 13.6 Å². The van der Waals surface area contributed by atoms with E-state index in [4.69, 9.17) is 5.73 Å². The average molecular weight is 383 g/mol. The van der Waals surface area contributed by atoms with E-state index in [1.807, 2.05) is 13.8 Å². The summed E-state index contributed by atoms with van der Waals surface area (Å²) in [5.74, 6) is -1.15. The molecular formula is C20H19F2N5O. The van der Waals surface area contributed by atoms with Crippen molar-refractivity contribution in [1.29, 1.82) is 0 Å². The molecule has 0 saturated carbocycles. The zero-order valence-corrected chi connectivity index (χ0v) is 15.4. The van der Waals surface area contributed by atoms with Crippen molar-refractivity contribution in [2.75, 3.05) is 11.9 Å². The van der Waals surface area contributed by atoms with E-state index in [1.54, 1.807) is 12.1 Å². The minimum atomic E-state index is -0.867. The normalized spacial score (nSPS) is 11.3. The maximum absolute atomic E-state index is 13.6. The van der Waals surface area contributed by atoms with E-state index in [2.05, 4.69) is 20.5 Å². The summed E-state index contributed by atoms with van der Waals surface area (Å²) in [6.45, 7) is 4.56. The Morgan fingerprint density at radius 1 is 1.11 bits per heavy atom. The van der Waals surface area contributed by atoms with Crippen LogP contribution < -0.4 is 11.1 Å². The van der Waals surface area contributed by atoms with Crippen LogP contribution in [0, 0.1) is 11.6 Å². The number of carbonyl (C=O) groups is 1. The highest BCUT2D eigenvalue weighted by atomic mass is 19.1. The van der Waals surface area contributed by atoms with Crippen molar-refractivity contribution >= 4 is 11.7 Å². The largest absolute Gasteiger partial charge is 0.366 e. The number of nitrogens with zero attached hydrogens (tertiary/aromatic N) is 3. The van der Waals surface area contributed by atoms with Gasteiger partial charge in [-0.05, 0) is 35.9 Å². The highest BCUT2D eigenvalue weighted by Crippen LogP contribution is 2.24. The number of aromatic nitrogens is 3. The van der Waals surface area contributed by atoms with Crippen molar-refractivity contribution in [3.05, 3.63) is 71.4 Å². The van der Waals surface area contributed by atoms with Crippen LogP contribution in [0.4, 0.5) is 14.6 Å². The number of hydrogen-bond donors (Lipinski definition) is 2. The van der Waals surface area contributed by atoms with Gasteiger partial charge in [-0.15, -0.1) is 10.2 Å². The van der Waals surface area contributed by atoms with Crippen LogP contribution in [0.1, 0.15) is 29.8 Å². The molecule has 0 saturated heterocycles. The summed E-state index contributed by atoms with van der Waals surface area (Å²) in [5.41, 5.74) is 6.06. The van der Waals surface area contributed by atoms with Crippen LogP contribution in [0.15, 0.2) is 48.7 Å². The molecule has 6 nitrogen and oxygen atoms in total. The second kappa shape index (κ2) is 7.67. The van der Waals surface area contributed by atoms with Crippen LogP contribution in [0.25, 0.3) is 11.4 Å². The lowest BCUT2D eigenvalue weighted by Gasteiger charge is -2.25. The lowest BCUT2D eigenvalue weighted by molar-refractivity contribution is 0.0996. The predicted octanol–water partition coefficient (Wildman–Crippen LogP) is 3.31. The van der Waals surface area contributed by atoms with E-state index in [0.717, 1.165) is 11.6 Å².